The van der Waals surface area contributed by atoms with Crippen molar-refractivity contribution in [3.63, 3.8) is 0 Å². The number of rotatable bonds is 3. The Balaban J connectivity index is 1.32. The van der Waals surface area contributed by atoms with Gasteiger partial charge in [0.1, 0.15) is 0 Å². The molecule has 26 heavy (non-hydrogen) atoms. The predicted molar refractivity (Wildman–Crippen MR) is 101 cm³/mol. The van der Waals surface area contributed by atoms with E-state index in [9.17, 15) is 9.59 Å². The van der Waals surface area contributed by atoms with Gasteiger partial charge in [-0.15, -0.1) is 0 Å². The zero-order chi connectivity index (χ0) is 18.1. The molecule has 0 spiro atoms. The molecule has 3 unspecified atom stereocenters. The van der Waals surface area contributed by atoms with Crippen LogP contribution in [0, 0.1) is 5.92 Å². The van der Waals surface area contributed by atoms with Gasteiger partial charge in [-0.05, 0) is 37.8 Å². The smallest absolute Gasteiger partial charge is 0.244 e. The van der Waals surface area contributed by atoms with Crippen molar-refractivity contribution < 1.29 is 9.59 Å². The number of anilines is 1. The number of hydrogen-bond acceptors (Lipinski definition) is 4. The number of nitrogens with zero attached hydrogens (tertiary/aromatic N) is 3. The van der Waals surface area contributed by atoms with Crippen molar-refractivity contribution in [2.24, 2.45) is 11.7 Å². The van der Waals surface area contributed by atoms with Crippen LogP contribution in [0.4, 0.5) is 5.69 Å². The van der Waals surface area contributed by atoms with E-state index in [1.807, 2.05) is 40.1 Å². The van der Waals surface area contributed by atoms with E-state index in [0.29, 0.717) is 0 Å². The number of carbonyl (C=O) groups is 2. The standard InChI is InChI=1S/C20H28N4O2/c21-16-7-6-15(14-16)19(25)23-12-10-22(11-13-23)18-8-9-24(20(18)26)17-4-2-1-3-5-17/h1-5,15-16,18H,6-14,21H2. The highest BCUT2D eigenvalue weighted by Crippen LogP contribution is 2.28. The van der Waals surface area contributed by atoms with E-state index in [1.165, 1.54) is 0 Å². The van der Waals surface area contributed by atoms with Gasteiger partial charge in [-0.2, -0.15) is 0 Å². The average Bonchev–Trinajstić information content (AvgIpc) is 3.28. The number of carbonyl (C=O) groups excluding carboxylic acids is 2. The molecular weight excluding hydrogens is 328 g/mol. The first-order valence-electron chi connectivity index (χ1n) is 9.78. The summed E-state index contributed by atoms with van der Waals surface area (Å²) in [5, 5.41) is 0. The van der Waals surface area contributed by atoms with Gasteiger partial charge in [0.2, 0.25) is 11.8 Å². The van der Waals surface area contributed by atoms with E-state index in [-0.39, 0.29) is 29.8 Å². The highest BCUT2D eigenvalue weighted by atomic mass is 16.2. The van der Waals surface area contributed by atoms with Gasteiger partial charge in [-0.3, -0.25) is 14.5 Å². The summed E-state index contributed by atoms with van der Waals surface area (Å²) >= 11 is 0. The van der Waals surface area contributed by atoms with E-state index in [1.54, 1.807) is 0 Å². The summed E-state index contributed by atoms with van der Waals surface area (Å²) in [7, 11) is 0. The fraction of sp³-hybridized carbons (Fsp3) is 0.600. The van der Waals surface area contributed by atoms with E-state index in [2.05, 4.69) is 4.90 Å². The molecular formula is C20H28N4O2. The molecule has 2 N–H and O–H groups in total. The zero-order valence-electron chi connectivity index (χ0n) is 15.2. The molecule has 140 valence electrons. The molecule has 2 heterocycles. The Kier molecular flexibility index (Phi) is 4.96. The molecule has 1 aromatic carbocycles. The van der Waals surface area contributed by atoms with Gasteiger partial charge in [0.15, 0.2) is 0 Å². The van der Waals surface area contributed by atoms with Crippen LogP contribution in [0.25, 0.3) is 0 Å². The monoisotopic (exact) mass is 356 g/mol. The second kappa shape index (κ2) is 7.37. The van der Waals surface area contributed by atoms with Crippen molar-refractivity contribution in [1.29, 1.82) is 0 Å². The lowest BCUT2D eigenvalue weighted by atomic mass is 10.1. The summed E-state index contributed by atoms with van der Waals surface area (Å²) in [5.41, 5.74) is 6.93. The molecule has 1 saturated carbocycles. The van der Waals surface area contributed by atoms with Crippen molar-refractivity contribution in [2.75, 3.05) is 37.6 Å². The highest BCUT2D eigenvalue weighted by Gasteiger charge is 2.39. The second-order valence-corrected chi connectivity index (χ2v) is 7.76. The van der Waals surface area contributed by atoms with Crippen LogP contribution in [-0.2, 0) is 9.59 Å². The normalized spacial score (nSPS) is 30.2. The van der Waals surface area contributed by atoms with Gasteiger partial charge in [-0.1, -0.05) is 18.2 Å². The van der Waals surface area contributed by atoms with Crippen LogP contribution in [0.1, 0.15) is 25.7 Å². The fourth-order valence-corrected chi connectivity index (χ4v) is 4.62. The van der Waals surface area contributed by atoms with Gasteiger partial charge < -0.3 is 15.5 Å². The van der Waals surface area contributed by atoms with E-state index in [4.69, 9.17) is 5.73 Å². The highest BCUT2D eigenvalue weighted by molar-refractivity contribution is 5.99. The maximum Gasteiger partial charge on any atom is 0.244 e. The van der Waals surface area contributed by atoms with Crippen LogP contribution >= 0.6 is 0 Å². The minimum Gasteiger partial charge on any atom is -0.340 e. The van der Waals surface area contributed by atoms with E-state index >= 15 is 0 Å². The lowest BCUT2D eigenvalue weighted by Gasteiger charge is -2.38. The molecule has 0 radical (unpaired) electrons. The number of hydrogen-bond donors (Lipinski definition) is 1. The molecule has 0 aromatic heterocycles. The van der Waals surface area contributed by atoms with Gasteiger partial charge >= 0.3 is 0 Å². The molecule has 2 saturated heterocycles. The Morgan fingerprint density at radius 3 is 2.35 bits per heavy atom. The number of nitrogens with two attached hydrogens (primary N) is 1. The maximum absolute atomic E-state index is 12.9. The lowest BCUT2D eigenvalue weighted by Crippen LogP contribution is -2.54. The molecule has 6 nitrogen and oxygen atoms in total. The molecule has 0 bridgehead atoms. The molecule has 3 fully saturated rings. The molecule has 2 amide bonds. The minimum atomic E-state index is -0.0487. The number of para-hydroxylation sites is 1. The van der Waals surface area contributed by atoms with Crippen molar-refractivity contribution in [1.82, 2.24) is 9.80 Å². The van der Waals surface area contributed by atoms with Gasteiger partial charge in [0.05, 0.1) is 6.04 Å². The number of benzene rings is 1. The third-order valence-electron chi connectivity index (χ3n) is 6.13. The Hall–Kier alpha value is -1.92. The SMILES string of the molecule is NC1CCC(C(=O)N2CCN(C3CCN(c4ccccc4)C3=O)CC2)C1. The fourth-order valence-electron chi connectivity index (χ4n) is 4.62. The Morgan fingerprint density at radius 1 is 0.962 bits per heavy atom. The second-order valence-electron chi connectivity index (χ2n) is 7.76. The third kappa shape index (κ3) is 3.35. The van der Waals surface area contributed by atoms with Crippen molar-refractivity contribution >= 4 is 17.5 Å². The molecule has 1 aliphatic carbocycles. The minimum absolute atomic E-state index is 0.0487. The Morgan fingerprint density at radius 2 is 1.69 bits per heavy atom. The Labute approximate surface area is 154 Å². The number of amides is 2. The summed E-state index contributed by atoms with van der Waals surface area (Å²) < 4.78 is 0. The molecule has 3 aliphatic rings. The average molecular weight is 356 g/mol. The van der Waals surface area contributed by atoms with Gasteiger partial charge in [0.25, 0.3) is 0 Å². The summed E-state index contributed by atoms with van der Waals surface area (Å²) in [6, 6.07) is 10.0. The summed E-state index contributed by atoms with van der Waals surface area (Å²) in [6.07, 6.45) is 3.57. The van der Waals surface area contributed by atoms with Crippen LogP contribution < -0.4 is 10.6 Å². The summed E-state index contributed by atoms with van der Waals surface area (Å²) in [5.74, 6) is 0.567. The van der Waals surface area contributed by atoms with E-state index < -0.39 is 0 Å². The lowest BCUT2D eigenvalue weighted by molar-refractivity contribution is -0.137. The maximum atomic E-state index is 12.9. The first-order valence-corrected chi connectivity index (χ1v) is 9.78. The number of piperazine rings is 1. The topological polar surface area (TPSA) is 69.9 Å². The van der Waals surface area contributed by atoms with Crippen LogP contribution in [0.3, 0.4) is 0 Å². The molecule has 3 atom stereocenters. The first kappa shape index (κ1) is 17.5. The predicted octanol–water partition coefficient (Wildman–Crippen LogP) is 1.06. The van der Waals surface area contributed by atoms with Crippen LogP contribution in [0.2, 0.25) is 0 Å². The quantitative estimate of drug-likeness (QED) is 0.879. The summed E-state index contributed by atoms with van der Waals surface area (Å²) in [6.45, 7) is 3.78. The van der Waals surface area contributed by atoms with Crippen molar-refractivity contribution in [3.05, 3.63) is 30.3 Å². The van der Waals surface area contributed by atoms with Gasteiger partial charge in [-0.25, -0.2) is 0 Å². The van der Waals surface area contributed by atoms with Crippen LogP contribution in [0.15, 0.2) is 30.3 Å². The Bertz CT molecular complexity index is 657. The van der Waals surface area contributed by atoms with Crippen molar-refractivity contribution in [3.8, 4) is 0 Å². The van der Waals surface area contributed by atoms with Crippen LogP contribution in [-0.4, -0.2) is 66.4 Å². The summed E-state index contributed by atoms with van der Waals surface area (Å²) in [4.78, 5) is 31.6. The zero-order valence-corrected chi connectivity index (χ0v) is 15.2. The largest absolute Gasteiger partial charge is 0.340 e. The first-order chi connectivity index (χ1) is 12.6. The molecule has 2 aliphatic heterocycles. The van der Waals surface area contributed by atoms with Crippen molar-refractivity contribution in [2.45, 2.75) is 37.8 Å². The third-order valence-corrected chi connectivity index (χ3v) is 6.13. The van der Waals surface area contributed by atoms with E-state index in [0.717, 1.165) is 64.1 Å². The molecule has 4 rings (SSSR count). The van der Waals surface area contributed by atoms with Crippen LogP contribution in [0.5, 0.6) is 0 Å². The molecule has 1 aromatic rings. The molecule has 6 heteroatoms. The van der Waals surface area contributed by atoms with Gasteiger partial charge in [0, 0.05) is 50.4 Å².